The van der Waals surface area contributed by atoms with Gasteiger partial charge >= 0.3 is 0 Å². The number of amides is 1. The number of para-hydroxylation sites is 2. The molecule has 1 amide bonds. The Bertz CT molecular complexity index is 908. The summed E-state index contributed by atoms with van der Waals surface area (Å²) in [5.74, 6) is 3.08. The molecule has 31 heavy (non-hydrogen) atoms. The number of piperazine rings is 2. The molecule has 0 spiro atoms. The fourth-order valence-corrected chi connectivity index (χ4v) is 4.19. The average molecular weight is 425 g/mol. The predicted molar refractivity (Wildman–Crippen MR) is 117 cm³/mol. The second-order valence-electron chi connectivity index (χ2n) is 8.22. The molecule has 2 fully saturated rings. The van der Waals surface area contributed by atoms with E-state index in [1.807, 2.05) is 35.2 Å². The van der Waals surface area contributed by atoms with Crippen molar-refractivity contribution in [1.82, 2.24) is 20.0 Å². The first-order valence-electron chi connectivity index (χ1n) is 10.9. The predicted octanol–water partition coefficient (Wildman–Crippen LogP) is 0.717. The Morgan fingerprint density at radius 3 is 2.03 bits per heavy atom. The standard InChI is InChI=1S/C22H28N6O3/c1-25-8-10-26(11-9-25)20-6-7-21(24-23-20)27-12-14-28(15-13-27)22(29)19-16-30-17-4-2-3-5-18(17)31-19/h2-7,19H,8-16H2,1H3. The van der Waals surface area contributed by atoms with E-state index in [1.54, 1.807) is 0 Å². The van der Waals surface area contributed by atoms with Gasteiger partial charge in [0.05, 0.1) is 0 Å². The highest BCUT2D eigenvalue weighted by atomic mass is 16.6. The van der Waals surface area contributed by atoms with Crippen molar-refractivity contribution >= 4 is 17.5 Å². The van der Waals surface area contributed by atoms with Crippen LogP contribution in [0.3, 0.4) is 0 Å². The number of nitrogens with zero attached hydrogens (tertiary/aromatic N) is 6. The average Bonchev–Trinajstić information content (AvgIpc) is 2.84. The molecule has 4 heterocycles. The number of rotatable bonds is 3. The molecular formula is C22H28N6O3. The third-order valence-corrected chi connectivity index (χ3v) is 6.16. The highest BCUT2D eigenvalue weighted by Crippen LogP contribution is 2.31. The van der Waals surface area contributed by atoms with Crippen LogP contribution in [0.25, 0.3) is 0 Å². The minimum atomic E-state index is -0.593. The molecule has 9 heteroatoms. The lowest BCUT2D eigenvalue weighted by Crippen LogP contribution is -2.54. The third kappa shape index (κ3) is 4.23. The van der Waals surface area contributed by atoms with Gasteiger partial charge in [-0.25, -0.2) is 0 Å². The molecule has 1 unspecified atom stereocenters. The number of likely N-dealkylation sites (N-methyl/N-ethyl adjacent to an activating group) is 1. The first-order valence-corrected chi connectivity index (χ1v) is 10.9. The Morgan fingerprint density at radius 1 is 0.839 bits per heavy atom. The topological polar surface area (TPSA) is 74.3 Å². The number of fused-ring (bicyclic) bond motifs is 1. The van der Waals surface area contributed by atoms with Gasteiger partial charge in [-0.2, -0.15) is 0 Å². The van der Waals surface area contributed by atoms with Crippen molar-refractivity contribution in [2.45, 2.75) is 6.10 Å². The maximum absolute atomic E-state index is 12.9. The number of carbonyl (C=O) groups is 1. The monoisotopic (exact) mass is 424 g/mol. The molecule has 1 aromatic carbocycles. The molecule has 0 bridgehead atoms. The van der Waals surface area contributed by atoms with Gasteiger partial charge in [0, 0.05) is 52.4 Å². The molecular weight excluding hydrogens is 396 g/mol. The van der Waals surface area contributed by atoms with Crippen LogP contribution in [0.15, 0.2) is 36.4 Å². The maximum atomic E-state index is 12.9. The molecule has 0 saturated carbocycles. The van der Waals surface area contributed by atoms with Gasteiger partial charge in [-0.3, -0.25) is 4.79 Å². The number of carbonyl (C=O) groups excluding carboxylic acids is 1. The smallest absolute Gasteiger partial charge is 0.267 e. The lowest BCUT2D eigenvalue weighted by Gasteiger charge is -2.37. The Morgan fingerprint density at radius 2 is 1.42 bits per heavy atom. The number of hydrogen-bond donors (Lipinski definition) is 0. The van der Waals surface area contributed by atoms with Crippen LogP contribution in [0.5, 0.6) is 11.5 Å². The number of ether oxygens (including phenoxy) is 2. The first-order chi connectivity index (χ1) is 15.2. The van der Waals surface area contributed by atoms with E-state index < -0.39 is 6.10 Å². The molecule has 0 N–H and O–H groups in total. The summed E-state index contributed by atoms with van der Waals surface area (Å²) in [6.07, 6.45) is -0.593. The quantitative estimate of drug-likeness (QED) is 0.714. The summed E-state index contributed by atoms with van der Waals surface area (Å²) >= 11 is 0. The van der Waals surface area contributed by atoms with Gasteiger partial charge in [0.2, 0.25) is 6.10 Å². The van der Waals surface area contributed by atoms with E-state index in [9.17, 15) is 4.79 Å². The van der Waals surface area contributed by atoms with Crippen molar-refractivity contribution in [3.63, 3.8) is 0 Å². The molecule has 5 rings (SSSR count). The van der Waals surface area contributed by atoms with Gasteiger partial charge in [-0.05, 0) is 31.3 Å². The van der Waals surface area contributed by atoms with Crippen molar-refractivity contribution < 1.29 is 14.3 Å². The summed E-state index contributed by atoms with van der Waals surface area (Å²) < 4.78 is 11.6. The van der Waals surface area contributed by atoms with Crippen LogP contribution in [-0.4, -0.2) is 98.0 Å². The van der Waals surface area contributed by atoms with E-state index in [2.05, 4.69) is 38.0 Å². The van der Waals surface area contributed by atoms with Gasteiger partial charge in [0.1, 0.15) is 6.61 Å². The van der Waals surface area contributed by atoms with E-state index >= 15 is 0 Å². The van der Waals surface area contributed by atoms with Crippen molar-refractivity contribution in [2.75, 3.05) is 75.8 Å². The molecule has 0 aliphatic carbocycles. The van der Waals surface area contributed by atoms with Crippen LogP contribution < -0.4 is 19.3 Å². The van der Waals surface area contributed by atoms with Crippen molar-refractivity contribution in [3.8, 4) is 11.5 Å². The molecule has 2 saturated heterocycles. The largest absolute Gasteiger partial charge is 0.485 e. The molecule has 3 aliphatic rings. The third-order valence-electron chi connectivity index (χ3n) is 6.16. The van der Waals surface area contributed by atoms with Crippen LogP contribution in [-0.2, 0) is 4.79 Å². The van der Waals surface area contributed by atoms with Gasteiger partial charge in [-0.15, -0.1) is 10.2 Å². The van der Waals surface area contributed by atoms with E-state index in [0.717, 1.165) is 50.9 Å². The van der Waals surface area contributed by atoms with Crippen LogP contribution >= 0.6 is 0 Å². The Kier molecular flexibility index (Phi) is 5.50. The number of benzene rings is 1. The van der Waals surface area contributed by atoms with Gasteiger partial charge in [0.15, 0.2) is 23.1 Å². The van der Waals surface area contributed by atoms with Crippen molar-refractivity contribution in [3.05, 3.63) is 36.4 Å². The van der Waals surface area contributed by atoms with E-state index in [4.69, 9.17) is 9.47 Å². The summed E-state index contributed by atoms with van der Waals surface area (Å²) in [7, 11) is 2.14. The van der Waals surface area contributed by atoms with Crippen LogP contribution in [0.4, 0.5) is 11.6 Å². The number of anilines is 2. The molecule has 164 valence electrons. The van der Waals surface area contributed by atoms with Crippen LogP contribution in [0.2, 0.25) is 0 Å². The Hall–Kier alpha value is -3.07. The van der Waals surface area contributed by atoms with E-state index in [0.29, 0.717) is 24.6 Å². The molecule has 3 aliphatic heterocycles. The Labute approximate surface area is 182 Å². The lowest BCUT2D eigenvalue weighted by molar-refractivity contribution is -0.141. The summed E-state index contributed by atoms with van der Waals surface area (Å²) in [4.78, 5) is 21.5. The van der Waals surface area contributed by atoms with Gasteiger partial charge < -0.3 is 29.1 Å². The van der Waals surface area contributed by atoms with Crippen molar-refractivity contribution in [1.29, 1.82) is 0 Å². The molecule has 1 aromatic heterocycles. The van der Waals surface area contributed by atoms with E-state index in [-0.39, 0.29) is 12.5 Å². The summed E-state index contributed by atoms with van der Waals surface area (Å²) in [5, 5.41) is 8.90. The highest BCUT2D eigenvalue weighted by Gasteiger charge is 2.33. The Balaban J connectivity index is 1.15. The lowest BCUT2D eigenvalue weighted by atomic mass is 10.2. The maximum Gasteiger partial charge on any atom is 0.267 e. The first kappa shape index (κ1) is 19.9. The zero-order valence-corrected chi connectivity index (χ0v) is 17.8. The molecule has 9 nitrogen and oxygen atoms in total. The fourth-order valence-electron chi connectivity index (χ4n) is 4.19. The van der Waals surface area contributed by atoms with E-state index in [1.165, 1.54) is 0 Å². The summed E-state index contributed by atoms with van der Waals surface area (Å²) in [5.41, 5.74) is 0. The normalized spacial score (nSPS) is 21.8. The minimum absolute atomic E-state index is 0.0225. The fraction of sp³-hybridized carbons (Fsp3) is 0.500. The van der Waals surface area contributed by atoms with Crippen molar-refractivity contribution in [2.24, 2.45) is 0 Å². The second kappa shape index (κ2) is 8.58. The minimum Gasteiger partial charge on any atom is -0.485 e. The second-order valence-corrected chi connectivity index (χ2v) is 8.22. The summed E-state index contributed by atoms with van der Waals surface area (Å²) in [6, 6.07) is 11.5. The highest BCUT2D eigenvalue weighted by molar-refractivity contribution is 5.82. The number of aromatic nitrogens is 2. The van der Waals surface area contributed by atoms with Gasteiger partial charge in [0.25, 0.3) is 5.91 Å². The van der Waals surface area contributed by atoms with Crippen LogP contribution in [0, 0.1) is 0 Å². The zero-order valence-electron chi connectivity index (χ0n) is 17.8. The molecule has 0 radical (unpaired) electrons. The summed E-state index contributed by atoms with van der Waals surface area (Å²) in [6.45, 7) is 6.98. The number of hydrogen-bond acceptors (Lipinski definition) is 8. The van der Waals surface area contributed by atoms with Gasteiger partial charge in [-0.1, -0.05) is 12.1 Å². The zero-order chi connectivity index (χ0) is 21.2. The SMILES string of the molecule is CN1CCN(c2ccc(N3CCN(C(=O)C4COc5ccccc5O4)CC3)nn2)CC1. The van der Waals surface area contributed by atoms with Crippen LogP contribution in [0.1, 0.15) is 0 Å². The molecule has 2 aromatic rings. The molecule has 1 atom stereocenters.